The van der Waals surface area contributed by atoms with E-state index in [1.807, 2.05) is 6.07 Å². The minimum absolute atomic E-state index is 0.00160. The van der Waals surface area contributed by atoms with Crippen molar-refractivity contribution >= 4 is 27.6 Å². The number of hydrogen-bond donors (Lipinski definition) is 1. The molecule has 0 unspecified atom stereocenters. The first-order chi connectivity index (χ1) is 18.5. The maximum Gasteiger partial charge on any atom is 0.420 e. The number of hydrogen-bond acceptors (Lipinski definition) is 8. The molecule has 1 saturated heterocycles. The van der Waals surface area contributed by atoms with Crippen LogP contribution in [0, 0.1) is 0 Å². The topological polar surface area (TPSA) is 124 Å². The summed E-state index contributed by atoms with van der Waals surface area (Å²) in [7, 11) is -3.30. The number of halogens is 4. The third-order valence-electron chi connectivity index (χ3n) is 6.30. The summed E-state index contributed by atoms with van der Waals surface area (Å²) >= 11 is 6.49. The van der Waals surface area contributed by atoms with E-state index in [0.29, 0.717) is 43.2 Å². The molecule has 0 amide bonds. The fraction of sp³-hybridized carbons (Fsp3) is 0.348. The van der Waals surface area contributed by atoms with E-state index in [9.17, 15) is 21.6 Å². The van der Waals surface area contributed by atoms with Gasteiger partial charge in [-0.1, -0.05) is 17.7 Å². The van der Waals surface area contributed by atoms with Gasteiger partial charge in [-0.05, 0) is 30.5 Å². The molecule has 0 aliphatic carbocycles. The van der Waals surface area contributed by atoms with Crippen LogP contribution in [0.2, 0.25) is 5.02 Å². The van der Waals surface area contributed by atoms with Crippen LogP contribution in [0.3, 0.4) is 0 Å². The molecule has 1 aromatic carbocycles. The van der Waals surface area contributed by atoms with E-state index < -0.39 is 21.8 Å². The van der Waals surface area contributed by atoms with Crippen LogP contribution in [0.25, 0.3) is 17.1 Å². The Morgan fingerprint density at radius 1 is 1.10 bits per heavy atom. The first-order valence-corrected chi connectivity index (χ1v) is 14.0. The highest BCUT2D eigenvalue weighted by Gasteiger charge is 2.36. The van der Waals surface area contributed by atoms with E-state index in [1.54, 1.807) is 29.4 Å². The van der Waals surface area contributed by atoms with Crippen LogP contribution in [0.15, 0.2) is 49.6 Å². The Morgan fingerprint density at radius 3 is 2.46 bits per heavy atom. The van der Waals surface area contributed by atoms with Crippen LogP contribution in [0.1, 0.15) is 24.0 Å². The van der Waals surface area contributed by atoms with Crippen molar-refractivity contribution in [3.05, 3.63) is 65.7 Å². The summed E-state index contributed by atoms with van der Waals surface area (Å²) in [5, 5.41) is 10.9. The molecule has 0 atom stereocenters. The van der Waals surface area contributed by atoms with Gasteiger partial charge in [0.2, 0.25) is 16.0 Å². The van der Waals surface area contributed by atoms with E-state index >= 15 is 0 Å². The van der Waals surface area contributed by atoms with Gasteiger partial charge < -0.3 is 14.5 Å². The highest BCUT2D eigenvalue weighted by atomic mass is 35.5. The number of alkyl halides is 3. The molecular formula is C23H23ClF3N9O2S. The van der Waals surface area contributed by atoms with Gasteiger partial charge in [0.1, 0.15) is 35.9 Å². The van der Waals surface area contributed by atoms with E-state index in [0.717, 1.165) is 18.0 Å². The van der Waals surface area contributed by atoms with Gasteiger partial charge in [0.15, 0.2) is 0 Å². The van der Waals surface area contributed by atoms with Crippen molar-refractivity contribution in [2.45, 2.75) is 31.6 Å². The molecule has 39 heavy (non-hydrogen) atoms. The van der Waals surface area contributed by atoms with Crippen molar-refractivity contribution in [2.24, 2.45) is 0 Å². The zero-order valence-corrected chi connectivity index (χ0v) is 22.1. The Morgan fingerprint density at radius 2 is 1.82 bits per heavy atom. The number of sulfonamides is 1. The van der Waals surface area contributed by atoms with Gasteiger partial charge in [0.25, 0.3) is 0 Å². The maximum absolute atomic E-state index is 13.8. The third kappa shape index (κ3) is 6.20. The third-order valence-corrected chi connectivity index (χ3v) is 7.90. The second-order valence-electron chi connectivity index (χ2n) is 9.12. The Labute approximate surface area is 226 Å². The SMILES string of the molecule is CS(=O)(=O)N1CCC(Nc2ncc(C(F)(F)F)c(-c3cn(-c4ccc(Cn5cnnc5)cc4Cl)cn3)n2)CC1. The van der Waals surface area contributed by atoms with Crippen molar-refractivity contribution in [2.75, 3.05) is 24.7 Å². The fourth-order valence-corrected chi connectivity index (χ4v) is 5.49. The van der Waals surface area contributed by atoms with Crippen LogP contribution in [0.4, 0.5) is 19.1 Å². The second kappa shape index (κ2) is 10.5. The molecule has 0 saturated carbocycles. The van der Waals surface area contributed by atoms with Crippen LogP contribution >= 0.6 is 11.6 Å². The predicted molar refractivity (Wildman–Crippen MR) is 137 cm³/mol. The highest BCUT2D eigenvalue weighted by molar-refractivity contribution is 7.88. The number of aromatic nitrogens is 7. The van der Waals surface area contributed by atoms with Crippen molar-refractivity contribution in [3.63, 3.8) is 0 Å². The van der Waals surface area contributed by atoms with E-state index in [4.69, 9.17) is 11.6 Å². The number of piperidine rings is 1. The average Bonchev–Trinajstić information content (AvgIpc) is 3.56. The van der Waals surface area contributed by atoms with E-state index in [1.165, 1.54) is 21.4 Å². The van der Waals surface area contributed by atoms with Gasteiger partial charge >= 0.3 is 6.18 Å². The molecule has 206 valence electrons. The zero-order valence-electron chi connectivity index (χ0n) is 20.5. The predicted octanol–water partition coefficient (Wildman–Crippen LogP) is 3.48. The largest absolute Gasteiger partial charge is 0.420 e. The molecule has 16 heteroatoms. The molecule has 11 nitrogen and oxygen atoms in total. The number of nitrogens with zero attached hydrogens (tertiary/aromatic N) is 8. The van der Waals surface area contributed by atoms with E-state index in [-0.39, 0.29) is 23.4 Å². The molecule has 1 fully saturated rings. The lowest BCUT2D eigenvalue weighted by Crippen LogP contribution is -2.42. The Kier molecular flexibility index (Phi) is 7.31. The quantitative estimate of drug-likeness (QED) is 0.352. The summed E-state index contributed by atoms with van der Waals surface area (Å²) in [5.74, 6) is 0.00160. The molecule has 0 spiro atoms. The van der Waals surface area contributed by atoms with Gasteiger partial charge in [0, 0.05) is 31.5 Å². The molecular weight excluding hydrogens is 559 g/mol. The summed E-state index contributed by atoms with van der Waals surface area (Å²) in [4.78, 5) is 12.2. The molecule has 5 rings (SSSR count). The molecule has 1 aliphatic heterocycles. The fourth-order valence-electron chi connectivity index (χ4n) is 4.32. The number of benzene rings is 1. The Bertz CT molecular complexity index is 1570. The summed E-state index contributed by atoms with van der Waals surface area (Å²) in [6, 6.07) is 5.14. The molecule has 4 aromatic rings. The van der Waals surface area contributed by atoms with E-state index in [2.05, 4.69) is 30.5 Å². The van der Waals surface area contributed by atoms with Crippen molar-refractivity contribution < 1.29 is 21.6 Å². The van der Waals surface area contributed by atoms with Crippen LogP contribution < -0.4 is 5.32 Å². The van der Waals surface area contributed by atoms with Crippen molar-refractivity contribution in [3.8, 4) is 17.1 Å². The maximum atomic E-state index is 13.8. The van der Waals surface area contributed by atoms with Gasteiger partial charge in [-0.2, -0.15) is 13.2 Å². The van der Waals surface area contributed by atoms with Gasteiger partial charge in [-0.25, -0.2) is 27.7 Å². The highest BCUT2D eigenvalue weighted by Crippen LogP contribution is 2.36. The standard InChI is InChI=1S/C23H23ClF3N9O2S/c1-39(37,38)36-6-4-16(5-7-36)32-22-28-9-17(23(25,26)27)21(33-22)19-11-35(12-29-19)20-3-2-15(8-18(20)24)10-34-13-30-31-14-34/h2-3,8-9,11-14,16H,4-7,10H2,1H3,(H,28,32,33). The minimum atomic E-state index is -4.71. The minimum Gasteiger partial charge on any atom is -0.351 e. The first kappa shape index (κ1) is 27.0. The van der Waals surface area contributed by atoms with Crippen molar-refractivity contribution in [1.29, 1.82) is 0 Å². The summed E-state index contributed by atoms with van der Waals surface area (Å²) in [6.07, 6.45) is 4.03. The van der Waals surface area contributed by atoms with Gasteiger partial charge in [-0.15, -0.1) is 10.2 Å². The molecule has 3 aromatic heterocycles. The lowest BCUT2D eigenvalue weighted by atomic mass is 10.1. The second-order valence-corrected chi connectivity index (χ2v) is 11.5. The lowest BCUT2D eigenvalue weighted by molar-refractivity contribution is -0.137. The lowest BCUT2D eigenvalue weighted by Gasteiger charge is -2.30. The number of nitrogens with one attached hydrogen (secondary N) is 1. The van der Waals surface area contributed by atoms with Crippen molar-refractivity contribution in [1.82, 2.24) is 38.6 Å². The summed E-state index contributed by atoms with van der Waals surface area (Å²) < 4.78 is 69.7. The van der Waals surface area contributed by atoms with Crippen LogP contribution in [-0.2, 0) is 22.7 Å². The summed E-state index contributed by atoms with van der Waals surface area (Å²) in [6.45, 7) is 1.10. The number of rotatable bonds is 7. The molecule has 4 heterocycles. The molecule has 0 radical (unpaired) electrons. The van der Waals surface area contributed by atoms with Crippen LogP contribution in [0.5, 0.6) is 0 Å². The Hall–Kier alpha value is -3.56. The van der Waals surface area contributed by atoms with Gasteiger partial charge in [0.05, 0.1) is 23.5 Å². The van der Waals surface area contributed by atoms with Crippen LogP contribution in [-0.4, -0.2) is 72.4 Å². The van der Waals surface area contributed by atoms with Gasteiger partial charge in [-0.3, -0.25) is 0 Å². The number of anilines is 1. The molecule has 0 bridgehead atoms. The normalized spacial score (nSPS) is 15.5. The zero-order chi connectivity index (χ0) is 27.8. The smallest absolute Gasteiger partial charge is 0.351 e. The summed E-state index contributed by atoms with van der Waals surface area (Å²) in [5.41, 5.74) is -0.00351. The first-order valence-electron chi connectivity index (χ1n) is 11.8. The monoisotopic (exact) mass is 581 g/mol. The average molecular weight is 582 g/mol. The molecule has 1 aliphatic rings. The number of imidazole rings is 1. The Balaban J connectivity index is 1.39. The molecule has 1 N–H and O–H groups in total.